The molecule has 0 bridgehead atoms. The van der Waals surface area contributed by atoms with Gasteiger partial charge in [-0.2, -0.15) is 0 Å². The van der Waals surface area contributed by atoms with Gasteiger partial charge in [0.15, 0.2) is 0 Å². The number of benzene rings is 3. The van der Waals surface area contributed by atoms with E-state index >= 15 is 0 Å². The van der Waals surface area contributed by atoms with Gasteiger partial charge in [-0.05, 0) is 28.5 Å². The summed E-state index contributed by atoms with van der Waals surface area (Å²) in [6.45, 7) is 0. The zero-order valence-corrected chi connectivity index (χ0v) is 12.4. The topological polar surface area (TPSA) is 29.5 Å². The fourth-order valence-corrected chi connectivity index (χ4v) is 2.52. The van der Waals surface area contributed by atoms with Crippen LogP contribution < -0.4 is 4.74 Å². The maximum Gasteiger partial charge on any atom is 0.125 e. The SMILES string of the molecule is COc1cc2ccccc2cc1C(O)/C=C/c1ccccc1. The molecule has 1 atom stereocenters. The van der Waals surface area contributed by atoms with E-state index in [-0.39, 0.29) is 0 Å². The van der Waals surface area contributed by atoms with Gasteiger partial charge >= 0.3 is 0 Å². The van der Waals surface area contributed by atoms with Crippen LogP contribution in [0.15, 0.2) is 72.8 Å². The van der Waals surface area contributed by atoms with Crippen LogP contribution in [0.25, 0.3) is 16.8 Å². The van der Waals surface area contributed by atoms with Gasteiger partial charge in [0.2, 0.25) is 0 Å². The summed E-state index contributed by atoms with van der Waals surface area (Å²) < 4.78 is 5.43. The van der Waals surface area contributed by atoms with Crippen LogP contribution in [0.3, 0.4) is 0 Å². The minimum absolute atomic E-state index is 0.698. The normalized spacial score (nSPS) is 12.6. The average Bonchev–Trinajstić information content (AvgIpc) is 2.59. The van der Waals surface area contributed by atoms with E-state index in [1.54, 1.807) is 13.2 Å². The first-order valence-corrected chi connectivity index (χ1v) is 7.26. The van der Waals surface area contributed by atoms with Crippen molar-refractivity contribution >= 4 is 16.8 Å². The smallest absolute Gasteiger partial charge is 0.125 e. The van der Waals surface area contributed by atoms with Crippen molar-refractivity contribution in [3.8, 4) is 5.75 Å². The molecule has 3 rings (SSSR count). The zero-order valence-electron chi connectivity index (χ0n) is 12.4. The van der Waals surface area contributed by atoms with Gasteiger partial charge in [0.05, 0.1) is 7.11 Å². The van der Waals surface area contributed by atoms with Crippen LogP contribution in [0.1, 0.15) is 17.2 Å². The predicted molar refractivity (Wildman–Crippen MR) is 90.9 cm³/mol. The van der Waals surface area contributed by atoms with Crippen LogP contribution in [-0.4, -0.2) is 12.2 Å². The summed E-state index contributed by atoms with van der Waals surface area (Å²) in [4.78, 5) is 0. The highest BCUT2D eigenvalue weighted by Crippen LogP contribution is 2.31. The molecule has 0 radical (unpaired) electrons. The lowest BCUT2D eigenvalue weighted by Crippen LogP contribution is -1.98. The molecule has 1 unspecified atom stereocenters. The summed E-state index contributed by atoms with van der Waals surface area (Å²) in [5.41, 5.74) is 1.83. The third kappa shape index (κ3) is 3.02. The average molecular weight is 290 g/mol. The van der Waals surface area contributed by atoms with Gasteiger partial charge < -0.3 is 9.84 Å². The van der Waals surface area contributed by atoms with Crippen molar-refractivity contribution in [3.63, 3.8) is 0 Å². The van der Waals surface area contributed by atoms with Crippen molar-refractivity contribution in [2.24, 2.45) is 0 Å². The third-order valence-corrected chi connectivity index (χ3v) is 3.69. The first kappa shape index (κ1) is 14.4. The molecule has 0 heterocycles. The molecule has 0 saturated carbocycles. The molecule has 0 aromatic heterocycles. The molecule has 0 saturated heterocycles. The summed E-state index contributed by atoms with van der Waals surface area (Å²) in [7, 11) is 1.63. The number of aliphatic hydroxyl groups excluding tert-OH is 1. The Kier molecular flexibility index (Phi) is 4.22. The van der Waals surface area contributed by atoms with E-state index in [1.165, 1.54) is 0 Å². The summed E-state index contributed by atoms with van der Waals surface area (Å²) in [6, 6.07) is 21.9. The fraction of sp³-hybridized carbons (Fsp3) is 0.100. The van der Waals surface area contributed by atoms with Gasteiger partial charge in [-0.1, -0.05) is 66.7 Å². The van der Waals surface area contributed by atoms with Gasteiger partial charge in [-0.25, -0.2) is 0 Å². The number of rotatable bonds is 4. The van der Waals surface area contributed by atoms with Crippen LogP contribution in [0.4, 0.5) is 0 Å². The Labute approximate surface area is 130 Å². The fourth-order valence-electron chi connectivity index (χ4n) is 2.52. The Hall–Kier alpha value is -2.58. The number of hydrogen-bond donors (Lipinski definition) is 1. The van der Waals surface area contributed by atoms with Crippen molar-refractivity contribution in [2.75, 3.05) is 7.11 Å². The van der Waals surface area contributed by atoms with Gasteiger partial charge in [-0.3, -0.25) is 0 Å². The van der Waals surface area contributed by atoms with Crippen molar-refractivity contribution in [3.05, 3.63) is 83.9 Å². The van der Waals surface area contributed by atoms with E-state index in [0.29, 0.717) is 5.75 Å². The second kappa shape index (κ2) is 6.46. The maximum atomic E-state index is 10.5. The Morgan fingerprint density at radius 3 is 2.23 bits per heavy atom. The van der Waals surface area contributed by atoms with E-state index in [9.17, 15) is 5.11 Å². The summed E-state index contributed by atoms with van der Waals surface area (Å²) in [5.74, 6) is 0.698. The lowest BCUT2D eigenvalue weighted by atomic mass is 10.0. The highest BCUT2D eigenvalue weighted by Gasteiger charge is 2.12. The highest BCUT2D eigenvalue weighted by atomic mass is 16.5. The quantitative estimate of drug-likeness (QED) is 0.761. The van der Waals surface area contributed by atoms with Gasteiger partial charge in [0.25, 0.3) is 0 Å². The Morgan fingerprint density at radius 2 is 1.55 bits per heavy atom. The minimum Gasteiger partial charge on any atom is -0.496 e. The van der Waals surface area contributed by atoms with Gasteiger partial charge in [-0.15, -0.1) is 0 Å². The van der Waals surface area contributed by atoms with Crippen LogP contribution in [0.2, 0.25) is 0 Å². The predicted octanol–water partition coefficient (Wildman–Crippen LogP) is 4.60. The van der Waals surface area contributed by atoms with Crippen molar-refractivity contribution in [2.45, 2.75) is 6.10 Å². The Balaban J connectivity index is 1.95. The molecule has 22 heavy (non-hydrogen) atoms. The van der Waals surface area contributed by atoms with Crippen molar-refractivity contribution in [1.29, 1.82) is 0 Å². The number of methoxy groups -OCH3 is 1. The lowest BCUT2D eigenvalue weighted by Gasteiger charge is -2.13. The van der Waals surface area contributed by atoms with Crippen LogP contribution in [0.5, 0.6) is 5.75 Å². The van der Waals surface area contributed by atoms with Crippen LogP contribution >= 0.6 is 0 Å². The Bertz CT molecular complexity index is 791. The molecule has 2 heteroatoms. The van der Waals surface area contributed by atoms with Crippen LogP contribution in [-0.2, 0) is 0 Å². The second-order valence-corrected chi connectivity index (χ2v) is 5.16. The standard InChI is InChI=1S/C20H18O2/c1-22-20-14-17-10-6-5-9-16(17)13-18(20)19(21)12-11-15-7-3-2-4-8-15/h2-14,19,21H,1H3/b12-11+. The molecule has 3 aromatic rings. The molecule has 0 fully saturated rings. The third-order valence-electron chi connectivity index (χ3n) is 3.69. The molecule has 0 aliphatic heterocycles. The van der Waals surface area contributed by atoms with E-state index < -0.39 is 6.10 Å². The number of fused-ring (bicyclic) bond motifs is 1. The van der Waals surface area contributed by atoms with E-state index in [2.05, 4.69) is 0 Å². The van der Waals surface area contributed by atoms with Crippen molar-refractivity contribution in [1.82, 2.24) is 0 Å². The molecule has 0 aliphatic carbocycles. The highest BCUT2D eigenvalue weighted by molar-refractivity contribution is 5.85. The summed E-state index contributed by atoms with van der Waals surface area (Å²) >= 11 is 0. The monoisotopic (exact) mass is 290 g/mol. The number of ether oxygens (including phenoxy) is 1. The van der Waals surface area contributed by atoms with Crippen molar-refractivity contribution < 1.29 is 9.84 Å². The molecule has 1 N–H and O–H groups in total. The molecule has 0 amide bonds. The van der Waals surface area contributed by atoms with Gasteiger partial charge in [0, 0.05) is 5.56 Å². The first-order chi connectivity index (χ1) is 10.8. The minimum atomic E-state index is -0.709. The molecule has 110 valence electrons. The molecular formula is C20H18O2. The second-order valence-electron chi connectivity index (χ2n) is 5.16. The molecule has 2 nitrogen and oxygen atoms in total. The van der Waals surface area contributed by atoms with Gasteiger partial charge in [0.1, 0.15) is 11.9 Å². The van der Waals surface area contributed by atoms with E-state index in [4.69, 9.17) is 4.74 Å². The number of aliphatic hydroxyl groups is 1. The molecular weight excluding hydrogens is 272 g/mol. The lowest BCUT2D eigenvalue weighted by molar-refractivity contribution is 0.224. The first-order valence-electron chi connectivity index (χ1n) is 7.26. The molecule has 0 spiro atoms. The van der Waals surface area contributed by atoms with E-state index in [0.717, 1.165) is 21.9 Å². The summed E-state index contributed by atoms with van der Waals surface area (Å²) in [5, 5.41) is 12.7. The Morgan fingerprint density at radius 1 is 0.909 bits per heavy atom. The molecule has 0 aliphatic rings. The summed E-state index contributed by atoms with van der Waals surface area (Å²) in [6.07, 6.45) is 2.99. The van der Waals surface area contributed by atoms with Crippen LogP contribution in [0, 0.1) is 0 Å². The molecule has 3 aromatic carbocycles. The maximum absolute atomic E-state index is 10.5. The largest absolute Gasteiger partial charge is 0.496 e. The zero-order chi connectivity index (χ0) is 15.4. The van der Waals surface area contributed by atoms with E-state index in [1.807, 2.05) is 72.8 Å². The number of hydrogen-bond acceptors (Lipinski definition) is 2.